The quantitative estimate of drug-likeness (QED) is 0.419. The molecule has 166 valence electrons. The SMILES string of the molecule is C=N/C=C(\C(C)=N/CNc1ccc(C(=O)NCCCN(C)C)cc1OC)C(F)(F)F. The smallest absolute Gasteiger partial charge is 0.419 e. The van der Waals surface area contributed by atoms with E-state index in [-0.39, 0.29) is 18.3 Å². The van der Waals surface area contributed by atoms with Crippen molar-refractivity contribution in [2.75, 3.05) is 46.3 Å². The van der Waals surface area contributed by atoms with Crippen molar-refractivity contribution in [3.8, 4) is 5.75 Å². The fourth-order valence-electron chi connectivity index (χ4n) is 2.47. The van der Waals surface area contributed by atoms with E-state index in [2.05, 4.69) is 27.3 Å². The Morgan fingerprint density at radius 1 is 1.33 bits per heavy atom. The fraction of sp³-hybridized carbons (Fsp3) is 0.450. The predicted octanol–water partition coefficient (Wildman–Crippen LogP) is 3.35. The molecule has 1 aromatic rings. The summed E-state index contributed by atoms with van der Waals surface area (Å²) < 4.78 is 44.2. The predicted molar refractivity (Wildman–Crippen MR) is 114 cm³/mol. The molecule has 2 N–H and O–H groups in total. The molecule has 0 radical (unpaired) electrons. The number of alkyl halides is 3. The summed E-state index contributed by atoms with van der Waals surface area (Å²) in [6.45, 7) is 5.58. The summed E-state index contributed by atoms with van der Waals surface area (Å²) in [6.07, 6.45) is -3.12. The number of rotatable bonds is 11. The molecule has 0 atom stereocenters. The Bertz CT molecular complexity index is 789. The van der Waals surface area contributed by atoms with Crippen LogP contribution in [0.5, 0.6) is 5.75 Å². The zero-order valence-electron chi connectivity index (χ0n) is 17.6. The lowest BCUT2D eigenvalue weighted by Gasteiger charge is -2.14. The van der Waals surface area contributed by atoms with Gasteiger partial charge >= 0.3 is 6.18 Å². The van der Waals surface area contributed by atoms with E-state index in [1.54, 1.807) is 18.2 Å². The molecule has 1 amide bonds. The van der Waals surface area contributed by atoms with Gasteiger partial charge in [-0.15, -0.1) is 0 Å². The minimum Gasteiger partial charge on any atom is -0.495 e. The molecule has 0 aliphatic rings. The highest BCUT2D eigenvalue weighted by Crippen LogP contribution is 2.28. The fourth-order valence-corrected chi connectivity index (χ4v) is 2.47. The Labute approximate surface area is 174 Å². The van der Waals surface area contributed by atoms with Crippen molar-refractivity contribution in [3.63, 3.8) is 0 Å². The van der Waals surface area contributed by atoms with E-state index in [1.165, 1.54) is 14.0 Å². The minimum atomic E-state index is -4.58. The molecule has 30 heavy (non-hydrogen) atoms. The number of amides is 1. The molecule has 0 heterocycles. The average molecular weight is 427 g/mol. The first-order valence-corrected chi connectivity index (χ1v) is 9.19. The van der Waals surface area contributed by atoms with Crippen LogP contribution < -0.4 is 15.4 Å². The Hall–Kier alpha value is -2.88. The molecule has 10 heteroatoms. The summed E-state index contributed by atoms with van der Waals surface area (Å²) in [5, 5.41) is 5.72. The van der Waals surface area contributed by atoms with Gasteiger partial charge in [0.05, 0.1) is 18.4 Å². The van der Waals surface area contributed by atoms with Gasteiger partial charge in [-0.05, 0) is 58.9 Å². The number of hydrogen-bond donors (Lipinski definition) is 2. The number of anilines is 1. The van der Waals surface area contributed by atoms with Crippen LogP contribution in [0.2, 0.25) is 0 Å². The number of nitrogens with one attached hydrogen (secondary N) is 2. The molecule has 0 spiro atoms. The lowest BCUT2D eigenvalue weighted by Crippen LogP contribution is -2.27. The van der Waals surface area contributed by atoms with Crippen LogP contribution in [0.3, 0.4) is 0 Å². The Kier molecular flexibility index (Phi) is 10.0. The minimum absolute atomic E-state index is 0.122. The van der Waals surface area contributed by atoms with Crippen molar-refractivity contribution in [3.05, 3.63) is 35.5 Å². The van der Waals surface area contributed by atoms with E-state index >= 15 is 0 Å². The highest BCUT2D eigenvalue weighted by molar-refractivity contribution is 5.99. The molecule has 0 unspecified atom stereocenters. The average Bonchev–Trinajstić information content (AvgIpc) is 2.68. The Morgan fingerprint density at radius 3 is 2.60 bits per heavy atom. The van der Waals surface area contributed by atoms with Gasteiger partial charge in [-0.25, -0.2) is 0 Å². The van der Waals surface area contributed by atoms with E-state index in [9.17, 15) is 18.0 Å². The number of carbonyl (C=O) groups is 1. The maximum Gasteiger partial charge on any atom is 0.419 e. The molecule has 0 fully saturated rings. The van der Waals surface area contributed by atoms with Gasteiger partial charge in [-0.1, -0.05) is 0 Å². The normalized spacial score (nSPS) is 12.7. The van der Waals surface area contributed by atoms with E-state index in [0.717, 1.165) is 13.0 Å². The zero-order valence-corrected chi connectivity index (χ0v) is 17.6. The second-order valence-electron chi connectivity index (χ2n) is 6.63. The number of nitrogens with zero attached hydrogens (tertiary/aromatic N) is 3. The van der Waals surface area contributed by atoms with E-state index in [1.807, 2.05) is 19.0 Å². The van der Waals surface area contributed by atoms with Crippen LogP contribution >= 0.6 is 0 Å². The largest absolute Gasteiger partial charge is 0.495 e. The van der Waals surface area contributed by atoms with E-state index in [0.29, 0.717) is 29.7 Å². The van der Waals surface area contributed by atoms with Gasteiger partial charge < -0.3 is 20.3 Å². The Morgan fingerprint density at radius 2 is 2.03 bits per heavy atom. The first-order chi connectivity index (χ1) is 14.1. The molecule has 0 aromatic heterocycles. The zero-order chi connectivity index (χ0) is 22.7. The number of hydrogen-bond acceptors (Lipinski definition) is 6. The van der Waals surface area contributed by atoms with Gasteiger partial charge in [0.1, 0.15) is 12.4 Å². The van der Waals surface area contributed by atoms with Crippen molar-refractivity contribution in [1.29, 1.82) is 0 Å². The van der Waals surface area contributed by atoms with Crippen LogP contribution in [-0.4, -0.2) is 70.4 Å². The number of ether oxygens (including phenoxy) is 1. The molecule has 0 aliphatic carbocycles. The molecular formula is C20H28F3N5O2. The van der Waals surface area contributed by atoms with Crippen molar-refractivity contribution in [1.82, 2.24) is 10.2 Å². The van der Waals surface area contributed by atoms with Crippen molar-refractivity contribution < 1.29 is 22.7 Å². The molecule has 0 bridgehead atoms. The van der Waals surface area contributed by atoms with Gasteiger partial charge in [0.2, 0.25) is 0 Å². The summed E-state index contributed by atoms with van der Waals surface area (Å²) in [5.74, 6) is 0.146. The van der Waals surface area contributed by atoms with Crippen LogP contribution in [-0.2, 0) is 0 Å². The summed E-state index contributed by atoms with van der Waals surface area (Å²) in [6, 6.07) is 4.78. The third-order valence-electron chi connectivity index (χ3n) is 4.03. The number of allylic oxidation sites excluding steroid dienone is 1. The van der Waals surface area contributed by atoms with Crippen LogP contribution in [0.1, 0.15) is 23.7 Å². The van der Waals surface area contributed by atoms with Crippen molar-refractivity contribution >= 4 is 24.0 Å². The summed E-state index contributed by atoms with van der Waals surface area (Å²) in [7, 11) is 5.36. The third kappa shape index (κ3) is 8.24. The maximum absolute atomic E-state index is 13.0. The molecule has 0 saturated carbocycles. The summed E-state index contributed by atoms with van der Waals surface area (Å²) in [4.78, 5) is 21.4. The number of methoxy groups -OCH3 is 1. The molecule has 0 saturated heterocycles. The molecule has 0 aliphatic heterocycles. The monoisotopic (exact) mass is 427 g/mol. The van der Waals surface area contributed by atoms with Crippen molar-refractivity contribution in [2.45, 2.75) is 19.5 Å². The summed E-state index contributed by atoms with van der Waals surface area (Å²) >= 11 is 0. The summed E-state index contributed by atoms with van der Waals surface area (Å²) in [5.41, 5.74) is -0.276. The third-order valence-corrected chi connectivity index (χ3v) is 4.03. The molecule has 1 rings (SSSR count). The maximum atomic E-state index is 13.0. The van der Waals surface area contributed by atoms with Gasteiger partial charge in [-0.3, -0.25) is 14.8 Å². The van der Waals surface area contributed by atoms with Crippen LogP contribution in [0.4, 0.5) is 18.9 Å². The van der Waals surface area contributed by atoms with E-state index in [4.69, 9.17) is 4.74 Å². The Balaban J connectivity index is 2.79. The van der Waals surface area contributed by atoms with Crippen LogP contribution in [0.15, 0.2) is 40.0 Å². The molecular weight excluding hydrogens is 399 g/mol. The van der Waals surface area contributed by atoms with Gasteiger partial charge in [0, 0.05) is 24.0 Å². The van der Waals surface area contributed by atoms with E-state index < -0.39 is 11.7 Å². The molecule has 7 nitrogen and oxygen atoms in total. The first kappa shape index (κ1) is 25.2. The second kappa shape index (κ2) is 12.0. The number of aliphatic imine (C=N–C) groups is 2. The lowest BCUT2D eigenvalue weighted by atomic mass is 10.1. The lowest BCUT2D eigenvalue weighted by molar-refractivity contribution is -0.0862. The highest BCUT2D eigenvalue weighted by atomic mass is 19.4. The van der Waals surface area contributed by atoms with Gasteiger partial charge in [0.15, 0.2) is 0 Å². The standard InChI is InChI=1S/C20H28F3N5O2/c1-14(16(12-24-2)20(21,22)23)26-13-27-17-8-7-15(11-18(17)30-5)19(29)25-9-6-10-28(3)4/h7-8,11-12,27H,2,6,9-10,13H2,1,3-5H3,(H,25,29)/b16-12+,26-14-. The van der Waals surface area contributed by atoms with Crippen LogP contribution in [0.25, 0.3) is 0 Å². The topological polar surface area (TPSA) is 78.3 Å². The number of carbonyl (C=O) groups excluding carboxylic acids is 1. The van der Waals surface area contributed by atoms with Crippen molar-refractivity contribution in [2.24, 2.45) is 9.98 Å². The number of benzene rings is 1. The van der Waals surface area contributed by atoms with Crippen LogP contribution in [0, 0.1) is 0 Å². The van der Waals surface area contributed by atoms with Gasteiger partial charge in [0.25, 0.3) is 5.91 Å². The number of halogens is 3. The second-order valence-corrected chi connectivity index (χ2v) is 6.63. The van der Waals surface area contributed by atoms with Gasteiger partial charge in [-0.2, -0.15) is 13.2 Å². The molecule has 1 aromatic carbocycles. The highest BCUT2D eigenvalue weighted by Gasteiger charge is 2.35. The first-order valence-electron chi connectivity index (χ1n) is 9.19.